The van der Waals surface area contributed by atoms with Gasteiger partial charge >= 0.3 is 0 Å². The second-order valence-corrected chi connectivity index (χ2v) is 5.82. The van der Waals surface area contributed by atoms with E-state index in [9.17, 15) is 4.79 Å². The fourth-order valence-electron chi connectivity index (χ4n) is 2.82. The summed E-state index contributed by atoms with van der Waals surface area (Å²) >= 11 is 0. The predicted molar refractivity (Wildman–Crippen MR) is 75.1 cm³/mol. The number of carbonyl (C=O) groups excluding carboxylic acids is 1. The van der Waals surface area contributed by atoms with Crippen LogP contribution in [0.25, 0.3) is 0 Å². The maximum atomic E-state index is 12.1. The molecule has 0 aromatic rings. The van der Waals surface area contributed by atoms with E-state index in [-0.39, 0.29) is 5.91 Å². The molecule has 1 unspecified atom stereocenters. The highest BCUT2D eigenvalue weighted by molar-refractivity contribution is 5.76. The summed E-state index contributed by atoms with van der Waals surface area (Å²) in [6.45, 7) is 4.42. The molecule has 0 aliphatic carbocycles. The van der Waals surface area contributed by atoms with Crippen LogP contribution >= 0.6 is 0 Å². The van der Waals surface area contributed by atoms with Crippen molar-refractivity contribution in [1.29, 1.82) is 0 Å². The number of nitrogens with one attached hydrogen (secondary N) is 1. The molecule has 1 N–H and O–H groups in total. The number of nitrogens with zero attached hydrogens (tertiary/aromatic N) is 2. The van der Waals surface area contributed by atoms with Crippen LogP contribution < -0.4 is 5.32 Å². The fraction of sp³-hybridized carbons (Fsp3) is 0.929. The van der Waals surface area contributed by atoms with E-state index in [0.29, 0.717) is 25.2 Å². The minimum Gasteiger partial charge on any atom is -0.378 e. The second kappa shape index (κ2) is 7.22. The SMILES string of the molecule is CN(C)C1CCN(C(=O)CCOC2CCNCC2)C1. The molecular weight excluding hydrogens is 242 g/mol. The van der Waals surface area contributed by atoms with Crippen LogP contribution in [0.1, 0.15) is 25.7 Å². The normalized spacial score (nSPS) is 25.2. The van der Waals surface area contributed by atoms with E-state index < -0.39 is 0 Å². The fourth-order valence-corrected chi connectivity index (χ4v) is 2.82. The van der Waals surface area contributed by atoms with Crippen molar-refractivity contribution in [2.45, 2.75) is 37.8 Å². The third kappa shape index (κ3) is 4.44. The zero-order valence-electron chi connectivity index (χ0n) is 12.2. The lowest BCUT2D eigenvalue weighted by atomic mass is 10.1. The topological polar surface area (TPSA) is 44.8 Å². The van der Waals surface area contributed by atoms with E-state index in [1.165, 1.54) is 0 Å². The highest BCUT2D eigenvalue weighted by Gasteiger charge is 2.27. The van der Waals surface area contributed by atoms with Gasteiger partial charge in [-0.3, -0.25) is 4.79 Å². The van der Waals surface area contributed by atoms with Crippen LogP contribution in [0, 0.1) is 0 Å². The molecule has 2 aliphatic rings. The lowest BCUT2D eigenvalue weighted by Crippen LogP contribution is -2.36. The molecule has 19 heavy (non-hydrogen) atoms. The van der Waals surface area contributed by atoms with Crippen molar-refractivity contribution in [3.63, 3.8) is 0 Å². The van der Waals surface area contributed by atoms with E-state index in [1.54, 1.807) is 0 Å². The van der Waals surface area contributed by atoms with Crippen molar-refractivity contribution in [2.24, 2.45) is 0 Å². The number of rotatable bonds is 5. The van der Waals surface area contributed by atoms with E-state index in [0.717, 1.165) is 45.4 Å². The summed E-state index contributed by atoms with van der Waals surface area (Å²) in [5, 5.41) is 3.31. The van der Waals surface area contributed by atoms with Crippen molar-refractivity contribution in [3.8, 4) is 0 Å². The van der Waals surface area contributed by atoms with Gasteiger partial charge in [-0.15, -0.1) is 0 Å². The number of hydrogen-bond acceptors (Lipinski definition) is 4. The average Bonchev–Trinajstić information content (AvgIpc) is 2.89. The Hall–Kier alpha value is -0.650. The Morgan fingerprint density at radius 1 is 1.32 bits per heavy atom. The summed E-state index contributed by atoms with van der Waals surface area (Å²) in [5.74, 6) is 0.248. The predicted octanol–water partition coefficient (Wildman–Crippen LogP) is 0.308. The summed E-state index contributed by atoms with van der Waals surface area (Å²) < 4.78 is 5.79. The Balaban J connectivity index is 1.62. The van der Waals surface area contributed by atoms with Crippen molar-refractivity contribution in [1.82, 2.24) is 15.1 Å². The molecule has 0 bridgehead atoms. The molecular formula is C14H27N3O2. The Kier molecular flexibility index (Phi) is 5.60. The summed E-state index contributed by atoms with van der Waals surface area (Å²) in [6.07, 6.45) is 4.11. The third-order valence-electron chi connectivity index (χ3n) is 4.20. The van der Waals surface area contributed by atoms with Gasteiger partial charge in [-0.2, -0.15) is 0 Å². The number of ether oxygens (including phenoxy) is 1. The molecule has 0 saturated carbocycles. The van der Waals surface area contributed by atoms with E-state index >= 15 is 0 Å². The quantitative estimate of drug-likeness (QED) is 0.780. The van der Waals surface area contributed by atoms with Gasteiger partial charge < -0.3 is 19.9 Å². The van der Waals surface area contributed by atoms with E-state index in [1.807, 2.05) is 4.90 Å². The van der Waals surface area contributed by atoms with Crippen molar-refractivity contribution >= 4 is 5.91 Å². The summed E-state index contributed by atoms with van der Waals surface area (Å²) in [7, 11) is 4.16. The summed E-state index contributed by atoms with van der Waals surface area (Å²) in [4.78, 5) is 16.3. The molecule has 2 fully saturated rings. The minimum absolute atomic E-state index is 0.248. The van der Waals surface area contributed by atoms with Gasteiger partial charge in [0.05, 0.1) is 19.1 Å². The van der Waals surface area contributed by atoms with Crippen LogP contribution in [0.3, 0.4) is 0 Å². The first-order chi connectivity index (χ1) is 9.16. The van der Waals surface area contributed by atoms with E-state index in [4.69, 9.17) is 4.74 Å². The first-order valence-corrected chi connectivity index (χ1v) is 7.43. The van der Waals surface area contributed by atoms with Gasteiger partial charge in [-0.25, -0.2) is 0 Å². The molecule has 2 rings (SSSR count). The maximum absolute atomic E-state index is 12.1. The summed E-state index contributed by atoms with van der Waals surface area (Å²) in [6, 6.07) is 0.522. The van der Waals surface area contributed by atoms with Gasteiger partial charge in [-0.1, -0.05) is 0 Å². The number of amides is 1. The smallest absolute Gasteiger partial charge is 0.224 e. The van der Waals surface area contributed by atoms with Crippen molar-refractivity contribution in [3.05, 3.63) is 0 Å². The van der Waals surface area contributed by atoms with Crippen LogP contribution in [-0.2, 0) is 9.53 Å². The molecule has 5 nitrogen and oxygen atoms in total. The third-order valence-corrected chi connectivity index (χ3v) is 4.20. The van der Waals surface area contributed by atoms with Crippen LogP contribution in [0.2, 0.25) is 0 Å². The Morgan fingerprint density at radius 3 is 2.68 bits per heavy atom. The molecule has 0 aromatic heterocycles. The molecule has 2 saturated heterocycles. The Morgan fingerprint density at radius 2 is 2.05 bits per heavy atom. The molecule has 5 heteroatoms. The lowest BCUT2D eigenvalue weighted by molar-refractivity contribution is -0.132. The van der Waals surface area contributed by atoms with Gasteiger partial charge in [-0.05, 0) is 46.4 Å². The van der Waals surface area contributed by atoms with E-state index in [2.05, 4.69) is 24.3 Å². The highest BCUT2D eigenvalue weighted by Crippen LogP contribution is 2.14. The molecule has 2 aliphatic heterocycles. The van der Waals surface area contributed by atoms with Gasteiger partial charge in [0.1, 0.15) is 0 Å². The first kappa shape index (κ1) is 14.8. The van der Waals surface area contributed by atoms with Crippen molar-refractivity contribution < 1.29 is 9.53 Å². The first-order valence-electron chi connectivity index (χ1n) is 7.43. The molecule has 0 spiro atoms. The monoisotopic (exact) mass is 269 g/mol. The molecule has 0 aromatic carbocycles. The van der Waals surface area contributed by atoms with Crippen LogP contribution in [0.4, 0.5) is 0 Å². The van der Waals surface area contributed by atoms with Gasteiger partial charge in [0.2, 0.25) is 5.91 Å². The summed E-state index contributed by atoms with van der Waals surface area (Å²) in [5.41, 5.74) is 0. The second-order valence-electron chi connectivity index (χ2n) is 5.82. The average molecular weight is 269 g/mol. The molecule has 2 heterocycles. The molecule has 1 atom stereocenters. The van der Waals surface area contributed by atoms with Gasteiger partial charge in [0.25, 0.3) is 0 Å². The van der Waals surface area contributed by atoms with Crippen molar-refractivity contribution in [2.75, 3.05) is 46.9 Å². The number of carbonyl (C=O) groups is 1. The highest BCUT2D eigenvalue weighted by atomic mass is 16.5. The minimum atomic E-state index is 0.248. The number of likely N-dealkylation sites (tertiary alicyclic amines) is 1. The molecule has 0 radical (unpaired) electrons. The van der Waals surface area contributed by atoms with Crippen LogP contribution in [-0.4, -0.2) is 74.7 Å². The van der Waals surface area contributed by atoms with Crippen LogP contribution in [0.15, 0.2) is 0 Å². The van der Waals surface area contributed by atoms with Gasteiger partial charge in [0.15, 0.2) is 0 Å². The van der Waals surface area contributed by atoms with Gasteiger partial charge in [0, 0.05) is 19.1 Å². The number of hydrogen-bond donors (Lipinski definition) is 1. The number of likely N-dealkylation sites (N-methyl/N-ethyl adjacent to an activating group) is 1. The molecule has 1 amide bonds. The molecule has 110 valence electrons. The van der Waals surface area contributed by atoms with Crippen LogP contribution in [0.5, 0.6) is 0 Å². The largest absolute Gasteiger partial charge is 0.378 e. The zero-order chi connectivity index (χ0) is 13.7. The number of piperidine rings is 1. The lowest BCUT2D eigenvalue weighted by Gasteiger charge is -2.24. The maximum Gasteiger partial charge on any atom is 0.224 e. The Bertz CT molecular complexity index is 290. The Labute approximate surface area is 116 Å². The zero-order valence-corrected chi connectivity index (χ0v) is 12.2. The standard InChI is InChI=1S/C14H27N3O2/c1-16(2)12-5-9-17(11-12)14(18)6-10-19-13-3-7-15-8-4-13/h12-13,15H,3-11H2,1-2H3.